The molecular weight excluding hydrogens is 581 g/mol. The van der Waals surface area contributed by atoms with Crippen LogP contribution in [-0.4, -0.2) is 9.97 Å². The standard InChI is InChI=1S/C46H26N2/c1-4-13-30-29(12-1)24-37-36-26-39-38(25-35(36)34-17-9-16-31(30)44(34)37)45(42-22-20-27-10-2-7-18-40(27)47-42)32-14-5-6-15-33(32)46(39)43-23-21-28-11-3-8-19-41(28)48-43/h1-26H. The molecule has 0 amide bonds. The Morgan fingerprint density at radius 2 is 0.792 bits per heavy atom. The van der Waals surface area contributed by atoms with Crippen molar-refractivity contribution in [2.75, 3.05) is 0 Å². The van der Waals surface area contributed by atoms with E-state index in [1.165, 1.54) is 65.3 Å². The SMILES string of the molecule is c1ccc2nc(-c3c4ccccc4c(-c4ccc5ccccc5n4)c4cc5c(cc34)-c3cccc4c3c-5cc3ccccc34)ccc2c1. The number of hydrogen-bond acceptors (Lipinski definition) is 2. The first-order chi connectivity index (χ1) is 23.8. The number of nitrogens with zero attached hydrogens (tertiary/aromatic N) is 2. The lowest BCUT2D eigenvalue weighted by atomic mass is 9.86. The molecule has 10 aromatic rings. The molecule has 2 nitrogen and oxygen atoms in total. The van der Waals surface area contributed by atoms with Crippen LogP contribution in [-0.2, 0) is 0 Å². The van der Waals surface area contributed by atoms with Crippen LogP contribution in [0.5, 0.6) is 0 Å². The maximum absolute atomic E-state index is 5.29. The van der Waals surface area contributed by atoms with E-state index in [0.717, 1.165) is 44.3 Å². The Kier molecular flexibility index (Phi) is 5.14. The third-order valence-corrected chi connectivity index (χ3v) is 10.3. The molecule has 0 aliphatic heterocycles. The van der Waals surface area contributed by atoms with Gasteiger partial charge in [-0.1, -0.05) is 115 Å². The molecule has 0 bridgehead atoms. The fraction of sp³-hybridized carbons (Fsp3) is 0. The van der Waals surface area contributed by atoms with Gasteiger partial charge < -0.3 is 0 Å². The molecule has 0 atom stereocenters. The lowest BCUT2D eigenvalue weighted by molar-refractivity contribution is 1.41. The summed E-state index contributed by atoms with van der Waals surface area (Å²) < 4.78 is 0. The maximum atomic E-state index is 5.29. The molecule has 0 N–H and O–H groups in total. The molecule has 0 radical (unpaired) electrons. The number of para-hydroxylation sites is 2. The Morgan fingerprint density at radius 1 is 0.292 bits per heavy atom. The minimum absolute atomic E-state index is 0.979. The highest BCUT2D eigenvalue weighted by Crippen LogP contribution is 2.53. The van der Waals surface area contributed by atoms with E-state index < -0.39 is 0 Å². The van der Waals surface area contributed by atoms with E-state index in [0.29, 0.717) is 0 Å². The highest BCUT2D eigenvalue weighted by molar-refractivity contribution is 6.28. The average molecular weight is 607 g/mol. The Balaban J connectivity index is 1.33. The van der Waals surface area contributed by atoms with Gasteiger partial charge in [0.1, 0.15) is 0 Å². The Labute approximate surface area is 276 Å². The van der Waals surface area contributed by atoms with Crippen molar-refractivity contribution in [3.63, 3.8) is 0 Å². The molecule has 48 heavy (non-hydrogen) atoms. The molecule has 1 aliphatic carbocycles. The van der Waals surface area contributed by atoms with Crippen molar-refractivity contribution in [3.8, 4) is 44.8 Å². The number of hydrogen-bond donors (Lipinski definition) is 0. The molecule has 2 heteroatoms. The quantitative estimate of drug-likeness (QED) is 0.144. The van der Waals surface area contributed by atoms with E-state index in [2.05, 4.69) is 158 Å². The van der Waals surface area contributed by atoms with Crippen molar-refractivity contribution < 1.29 is 0 Å². The van der Waals surface area contributed by atoms with Gasteiger partial charge >= 0.3 is 0 Å². The second-order valence-electron chi connectivity index (χ2n) is 12.9. The van der Waals surface area contributed by atoms with E-state index >= 15 is 0 Å². The summed E-state index contributed by atoms with van der Waals surface area (Å²) in [5.74, 6) is 0. The summed E-state index contributed by atoms with van der Waals surface area (Å²) in [5, 5.41) is 12.2. The molecule has 2 aromatic heterocycles. The number of aromatic nitrogens is 2. The highest BCUT2D eigenvalue weighted by atomic mass is 14.7. The van der Waals surface area contributed by atoms with Crippen LogP contribution in [0.3, 0.4) is 0 Å². The number of rotatable bonds is 2. The van der Waals surface area contributed by atoms with Crippen LogP contribution in [0.1, 0.15) is 0 Å². The second-order valence-corrected chi connectivity index (χ2v) is 12.9. The van der Waals surface area contributed by atoms with Gasteiger partial charge in [-0.3, -0.25) is 0 Å². The number of pyridine rings is 2. The molecular formula is C46H26N2. The van der Waals surface area contributed by atoms with Gasteiger partial charge in [0.25, 0.3) is 0 Å². The molecule has 11 rings (SSSR count). The summed E-state index contributed by atoms with van der Waals surface area (Å²) in [6.45, 7) is 0. The lowest BCUT2D eigenvalue weighted by Crippen LogP contribution is -1.95. The van der Waals surface area contributed by atoms with Crippen molar-refractivity contribution in [2.24, 2.45) is 0 Å². The fourth-order valence-corrected chi connectivity index (χ4v) is 8.23. The molecule has 8 aromatic carbocycles. The summed E-state index contributed by atoms with van der Waals surface area (Å²) in [6.07, 6.45) is 0. The van der Waals surface area contributed by atoms with Gasteiger partial charge in [-0.25, -0.2) is 9.97 Å². The smallest absolute Gasteiger partial charge is 0.0722 e. The summed E-state index contributed by atoms with van der Waals surface area (Å²) in [4.78, 5) is 10.6. The van der Waals surface area contributed by atoms with Gasteiger partial charge in [0, 0.05) is 21.9 Å². The van der Waals surface area contributed by atoms with Gasteiger partial charge in [0.05, 0.1) is 22.4 Å². The summed E-state index contributed by atoms with van der Waals surface area (Å²) in [5.41, 5.74) is 11.4. The van der Waals surface area contributed by atoms with Crippen LogP contribution in [0.2, 0.25) is 0 Å². The monoisotopic (exact) mass is 606 g/mol. The topological polar surface area (TPSA) is 25.8 Å². The third-order valence-electron chi connectivity index (χ3n) is 10.3. The van der Waals surface area contributed by atoms with Gasteiger partial charge in [-0.05, 0) is 108 Å². The molecule has 1 aliphatic rings. The Hall–Kier alpha value is -6.38. The molecule has 0 spiro atoms. The molecule has 220 valence electrons. The van der Waals surface area contributed by atoms with Crippen LogP contribution in [0, 0.1) is 0 Å². The molecule has 0 saturated carbocycles. The summed E-state index contributed by atoms with van der Waals surface area (Å²) >= 11 is 0. The zero-order valence-corrected chi connectivity index (χ0v) is 25.9. The minimum Gasteiger partial charge on any atom is -0.248 e. The fourth-order valence-electron chi connectivity index (χ4n) is 8.23. The van der Waals surface area contributed by atoms with Gasteiger partial charge in [-0.2, -0.15) is 0 Å². The number of benzene rings is 8. The first kappa shape index (κ1) is 25.8. The van der Waals surface area contributed by atoms with Crippen LogP contribution in [0.4, 0.5) is 0 Å². The second kappa shape index (κ2) is 9.57. The largest absolute Gasteiger partial charge is 0.248 e. The van der Waals surface area contributed by atoms with Crippen molar-refractivity contribution >= 4 is 64.9 Å². The first-order valence-electron chi connectivity index (χ1n) is 16.5. The minimum atomic E-state index is 0.979. The molecule has 2 heterocycles. The highest BCUT2D eigenvalue weighted by Gasteiger charge is 2.26. The normalized spacial score (nSPS) is 12.2. The van der Waals surface area contributed by atoms with Crippen LogP contribution in [0.15, 0.2) is 158 Å². The van der Waals surface area contributed by atoms with Gasteiger partial charge in [0.2, 0.25) is 0 Å². The average Bonchev–Trinajstić information content (AvgIpc) is 3.45. The third kappa shape index (κ3) is 3.52. The first-order valence-corrected chi connectivity index (χ1v) is 16.5. The molecule has 0 unspecified atom stereocenters. The van der Waals surface area contributed by atoms with Gasteiger partial charge in [0.15, 0.2) is 0 Å². The van der Waals surface area contributed by atoms with E-state index in [9.17, 15) is 0 Å². The van der Waals surface area contributed by atoms with Crippen LogP contribution in [0.25, 0.3) is 110 Å². The van der Waals surface area contributed by atoms with E-state index in [1.54, 1.807) is 0 Å². The predicted octanol–water partition coefficient (Wildman–Crippen LogP) is 12.4. The summed E-state index contributed by atoms with van der Waals surface area (Å²) in [7, 11) is 0. The van der Waals surface area contributed by atoms with Gasteiger partial charge in [-0.15, -0.1) is 0 Å². The van der Waals surface area contributed by atoms with E-state index in [1.807, 2.05) is 0 Å². The lowest BCUT2D eigenvalue weighted by Gasteiger charge is -2.19. The van der Waals surface area contributed by atoms with Crippen molar-refractivity contribution in [3.05, 3.63) is 158 Å². The maximum Gasteiger partial charge on any atom is 0.0722 e. The van der Waals surface area contributed by atoms with Crippen molar-refractivity contribution in [1.82, 2.24) is 9.97 Å². The Morgan fingerprint density at radius 3 is 1.42 bits per heavy atom. The van der Waals surface area contributed by atoms with Crippen LogP contribution < -0.4 is 0 Å². The molecule has 0 saturated heterocycles. The summed E-state index contributed by atoms with van der Waals surface area (Å²) in [6, 6.07) is 57.1. The number of fused-ring (bicyclic) bond motifs is 9. The zero-order valence-electron chi connectivity index (χ0n) is 25.9. The predicted molar refractivity (Wildman–Crippen MR) is 202 cm³/mol. The van der Waals surface area contributed by atoms with E-state index in [4.69, 9.17) is 9.97 Å². The zero-order chi connectivity index (χ0) is 31.3. The Bertz CT molecular complexity index is 3010. The van der Waals surface area contributed by atoms with Crippen molar-refractivity contribution in [2.45, 2.75) is 0 Å². The van der Waals surface area contributed by atoms with Crippen molar-refractivity contribution in [1.29, 1.82) is 0 Å². The van der Waals surface area contributed by atoms with Crippen LogP contribution >= 0.6 is 0 Å². The molecule has 0 fully saturated rings. The van der Waals surface area contributed by atoms with E-state index in [-0.39, 0.29) is 0 Å².